The van der Waals surface area contributed by atoms with E-state index in [0.29, 0.717) is 0 Å². The van der Waals surface area contributed by atoms with Crippen LogP contribution in [0.25, 0.3) is 0 Å². The van der Waals surface area contributed by atoms with E-state index in [1.807, 2.05) is 0 Å². The molecule has 2 aromatic rings. The molecule has 7 nitrogen and oxygen atoms in total. The van der Waals surface area contributed by atoms with Crippen molar-refractivity contribution in [2.45, 2.75) is 0 Å². The molecule has 3 N–H and O–H groups in total. The molecule has 0 spiro atoms. The molecule has 0 amide bonds. The Kier molecular flexibility index (Phi) is 3.97. The number of nitrogens with zero attached hydrogens (tertiary/aromatic N) is 2. The monoisotopic (exact) mass is 288 g/mol. The Hall–Kier alpha value is -3.18. The Bertz CT molecular complexity index is 743. The normalized spacial score (nSPS) is 9.76. The van der Waals surface area contributed by atoms with Crippen molar-refractivity contribution in [2.75, 3.05) is 5.43 Å². The van der Waals surface area contributed by atoms with E-state index in [9.17, 15) is 14.5 Å². The first-order chi connectivity index (χ1) is 10.1. The summed E-state index contributed by atoms with van der Waals surface area (Å²) in [6.45, 7) is 0. The van der Waals surface area contributed by atoms with E-state index >= 15 is 0 Å². The van der Waals surface area contributed by atoms with Gasteiger partial charge in [0.05, 0.1) is 10.5 Å². The van der Waals surface area contributed by atoms with E-state index in [0.717, 1.165) is 6.07 Å². The maximum Gasteiger partial charge on any atom is 0.335 e. The molecule has 0 bridgehead atoms. The number of anilines is 1. The van der Waals surface area contributed by atoms with Gasteiger partial charge in [0.25, 0.3) is 0 Å². The minimum absolute atomic E-state index is 0.0313. The van der Waals surface area contributed by atoms with Crippen molar-refractivity contribution in [3.8, 4) is 17.6 Å². The van der Waals surface area contributed by atoms with E-state index < -0.39 is 10.7 Å². The number of ether oxygens (including phenoxy) is 1. The lowest BCUT2D eigenvalue weighted by Gasteiger charge is -2.09. The van der Waals surface area contributed by atoms with E-state index in [4.69, 9.17) is 15.8 Å². The summed E-state index contributed by atoms with van der Waals surface area (Å²) in [4.78, 5) is 10.4. The van der Waals surface area contributed by atoms with Crippen molar-refractivity contribution in [3.63, 3.8) is 0 Å². The lowest BCUT2D eigenvalue weighted by atomic mass is 10.2. The second-order valence-corrected chi connectivity index (χ2v) is 3.91. The second kappa shape index (κ2) is 5.85. The van der Waals surface area contributed by atoms with Gasteiger partial charge in [-0.15, -0.1) is 0 Å². The van der Waals surface area contributed by atoms with Gasteiger partial charge in [-0.3, -0.25) is 16.0 Å². The number of halogens is 1. The Morgan fingerprint density at radius 2 is 2.14 bits per heavy atom. The summed E-state index contributed by atoms with van der Waals surface area (Å²) in [6.07, 6.45) is 0. The van der Waals surface area contributed by atoms with E-state index in [1.165, 1.54) is 30.3 Å². The summed E-state index contributed by atoms with van der Waals surface area (Å²) < 4.78 is 18.8. The average Bonchev–Trinajstić information content (AvgIpc) is 2.46. The van der Waals surface area contributed by atoms with Crippen molar-refractivity contribution in [2.24, 2.45) is 5.84 Å². The van der Waals surface area contributed by atoms with Gasteiger partial charge in [0.1, 0.15) is 23.3 Å². The fourth-order valence-electron chi connectivity index (χ4n) is 1.69. The van der Waals surface area contributed by atoms with Gasteiger partial charge in [0, 0.05) is 6.07 Å². The highest BCUT2D eigenvalue weighted by atomic mass is 19.1. The van der Waals surface area contributed by atoms with Crippen molar-refractivity contribution < 1.29 is 14.1 Å². The molecule has 0 unspecified atom stereocenters. The van der Waals surface area contributed by atoms with E-state index in [2.05, 4.69) is 5.43 Å². The molecule has 0 radical (unpaired) electrons. The molecule has 0 aliphatic heterocycles. The standard InChI is InChI=1S/C13H9FN4O3/c14-10-6-9(5-4-8(10)7-15)21-12-3-1-2-11(17-16)13(12)18(19)20/h1-6,17H,16H2. The van der Waals surface area contributed by atoms with Crippen molar-refractivity contribution >= 4 is 11.4 Å². The fraction of sp³-hybridized carbons (Fsp3) is 0. The quantitative estimate of drug-likeness (QED) is 0.508. The average molecular weight is 288 g/mol. The topological polar surface area (TPSA) is 114 Å². The van der Waals surface area contributed by atoms with Gasteiger partial charge in [-0.1, -0.05) is 6.07 Å². The first-order valence-electron chi connectivity index (χ1n) is 5.68. The molecule has 0 saturated carbocycles. The molecule has 8 heteroatoms. The number of nitro benzene ring substituents is 1. The van der Waals surface area contributed by atoms with Gasteiger partial charge in [0.2, 0.25) is 5.75 Å². The predicted octanol–water partition coefficient (Wildman–Crippen LogP) is 2.68. The highest BCUT2D eigenvalue weighted by molar-refractivity contribution is 5.68. The van der Waals surface area contributed by atoms with Crippen LogP contribution in [0.2, 0.25) is 0 Å². The molecule has 0 atom stereocenters. The van der Waals surface area contributed by atoms with Crippen LogP contribution in [0.3, 0.4) is 0 Å². The molecule has 0 fully saturated rings. The number of nitriles is 1. The number of benzene rings is 2. The molecule has 0 aliphatic rings. The number of para-hydroxylation sites is 1. The van der Waals surface area contributed by atoms with Crippen molar-refractivity contribution in [1.82, 2.24) is 0 Å². The minimum atomic E-state index is -0.772. The fourth-order valence-corrected chi connectivity index (χ4v) is 1.69. The molecule has 2 aromatic carbocycles. The Balaban J connectivity index is 2.42. The van der Waals surface area contributed by atoms with Crippen LogP contribution in [-0.2, 0) is 0 Å². The number of nitrogens with one attached hydrogen (secondary N) is 1. The van der Waals surface area contributed by atoms with E-state index in [-0.39, 0.29) is 28.4 Å². The molecule has 0 aliphatic carbocycles. The summed E-state index contributed by atoms with van der Waals surface area (Å²) in [5.74, 6) is 4.37. The molecule has 0 heterocycles. The van der Waals surface area contributed by atoms with Crippen molar-refractivity contribution in [1.29, 1.82) is 5.26 Å². The molecular weight excluding hydrogens is 279 g/mol. The molecule has 0 aromatic heterocycles. The maximum absolute atomic E-state index is 13.5. The summed E-state index contributed by atoms with van der Waals surface area (Å²) in [5.41, 5.74) is 1.74. The number of rotatable bonds is 4. The molecule has 0 saturated heterocycles. The zero-order valence-corrected chi connectivity index (χ0v) is 10.5. The number of nitrogen functional groups attached to an aromatic ring is 1. The van der Waals surface area contributed by atoms with Crippen LogP contribution in [0.5, 0.6) is 11.5 Å². The number of nitrogens with two attached hydrogens (primary N) is 1. The number of hydrogen-bond donors (Lipinski definition) is 2. The van der Waals surface area contributed by atoms with Crippen LogP contribution in [0.15, 0.2) is 36.4 Å². The van der Waals surface area contributed by atoms with E-state index in [1.54, 1.807) is 6.07 Å². The van der Waals surface area contributed by atoms with Crippen LogP contribution >= 0.6 is 0 Å². The first-order valence-corrected chi connectivity index (χ1v) is 5.68. The highest BCUT2D eigenvalue weighted by Gasteiger charge is 2.21. The predicted molar refractivity (Wildman–Crippen MR) is 72.1 cm³/mol. The number of hydrogen-bond acceptors (Lipinski definition) is 6. The van der Waals surface area contributed by atoms with Crippen LogP contribution in [0.1, 0.15) is 5.56 Å². The van der Waals surface area contributed by atoms with Gasteiger partial charge in [-0.05, 0) is 24.3 Å². The summed E-state index contributed by atoms with van der Waals surface area (Å²) >= 11 is 0. The lowest BCUT2D eigenvalue weighted by Crippen LogP contribution is -2.09. The molecule has 106 valence electrons. The van der Waals surface area contributed by atoms with Gasteiger partial charge in [-0.25, -0.2) is 4.39 Å². The van der Waals surface area contributed by atoms with Crippen LogP contribution in [0.4, 0.5) is 15.8 Å². The van der Waals surface area contributed by atoms with Crippen molar-refractivity contribution in [3.05, 3.63) is 57.9 Å². The lowest BCUT2D eigenvalue weighted by molar-refractivity contribution is -0.384. The largest absolute Gasteiger partial charge is 0.450 e. The summed E-state index contributed by atoms with van der Waals surface area (Å²) in [6, 6.07) is 9.47. The third-order valence-electron chi connectivity index (χ3n) is 2.63. The zero-order chi connectivity index (χ0) is 15.4. The molecule has 2 rings (SSSR count). The second-order valence-electron chi connectivity index (χ2n) is 3.91. The third kappa shape index (κ3) is 2.88. The Labute approximate surface area is 118 Å². The maximum atomic E-state index is 13.5. The zero-order valence-electron chi connectivity index (χ0n) is 10.5. The Morgan fingerprint density at radius 1 is 1.38 bits per heavy atom. The summed E-state index contributed by atoms with van der Waals surface area (Å²) in [5, 5.41) is 19.7. The number of nitro groups is 1. The number of hydrazine groups is 1. The van der Waals surface area contributed by atoms with Gasteiger partial charge in [-0.2, -0.15) is 5.26 Å². The van der Waals surface area contributed by atoms with Gasteiger partial charge >= 0.3 is 5.69 Å². The SMILES string of the molecule is N#Cc1ccc(Oc2cccc(NN)c2[N+](=O)[O-])cc1F. The van der Waals surface area contributed by atoms with Crippen LogP contribution in [0, 0.1) is 27.3 Å². The van der Waals surface area contributed by atoms with Crippen LogP contribution < -0.4 is 16.0 Å². The highest BCUT2D eigenvalue weighted by Crippen LogP contribution is 2.37. The summed E-state index contributed by atoms with van der Waals surface area (Å²) in [7, 11) is 0. The Morgan fingerprint density at radius 3 is 2.71 bits per heavy atom. The third-order valence-corrected chi connectivity index (χ3v) is 2.63. The molecule has 21 heavy (non-hydrogen) atoms. The molecular formula is C13H9FN4O3. The van der Waals surface area contributed by atoms with Crippen LogP contribution in [-0.4, -0.2) is 4.92 Å². The van der Waals surface area contributed by atoms with Gasteiger partial charge in [0.15, 0.2) is 0 Å². The smallest absolute Gasteiger partial charge is 0.335 e. The first kappa shape index (κ1) is 14.2. The van der Waals surface area contributed by atoms with Gasteiger partial charge < -0.3 is 10.2 Å². The minimum Gasteiger partial charge on any atom is -0.450 e.